The van der Waals surface area contributed by atoms with Gasteiger partial charge < -0.3 is 0 Å². The first-order valence-corrected chi connectivity index (χ1v) is 5.85. The lowest BCUT2D eigenvalue weighted by Gasteiger charge is -2.04. The summed E-state index contributed by atoms with van der Waals surface area (Å²) in [4.78, 5) is 19.5. The third-order valence-corrected chi connectivity index (χ3v) is 2.57. The highest BCUT2D eigenvalue weighted by Crippen LogP contribution is 2.07. The molecule has 5 heteroatoms. The zero-order chi connectivity index (χ0) is 13.0. The van der Waals surface area contributed by atoms with Gasteiger partial charge in [-0.15, -0.1) is 0 Å². The van der Waals surface area contributed by atoms with Crippen LogP contribution in [0.2, 0.25) is 5.15 Å². The predicted molar refractivity (Wildman–Crippen MR) is 70.6 cm³/mol. The minimum absolute atomic E-state index is 0.166. The van der Waals surface area contributed by atoms with E-state index in [9.17, 15) is 4.79 Å². The number of aryl methyl sites for hydroxylation is 1. The number of benzene rings is 1. The van der Waals surface area contributed by atoms with Crippen molar-refractivity contribution in [2.75, 3.05) is 5.32 Å². The van der Waals surface area contributed by atoms with Crippen molar-refractivity contribution in [3.05, 3.63) is 52.8 Å². The molecule has 92 valence electrons. The SMILES string of the molecule is Cc1ccc(CC(=O)Nc2nccc(Cl)n2)cc1. The van der Waals surface area contributed by atoms with Crippen LogP contribution < -0.4 is 5.32 Å². The Labute approximate surface area is 110 Å². The zero-order valence-electron chi connectivity index (χ0n) is 9.85. The van der Waals surface area contributed by atoms with Gasteiger partial charge in [-0.3, -0.25) is 10.1 Å². The second-order valence-electron chi connectivity index (χ2n) is 3.91. The van der Waals surface area contributed by atoms with E-state index in [0.717, 1.165) is 11.1 Å². The van der Waals surface area contributed by atoms with E-state index < -0.39 is 0 Å². The molecule has 1 amide bonds. The number of hydrogen-bond acceptors (Lipinski definition) is 3. The minimum Gasteiger partial charge on any atom is -0.294 e. The summed E-state index contributed by atoms with van der Waals surface area (Å²) in [5, 5.41) is 2.90. The van der Waals surface area contributed by atoms with Gasteiger partial charge in [-0.2, -0.15) is 0 Å². The first-order chi connectivity index (χ1) is 8.63. The van der Waals surface area contributed by atoms with Crippen molar-refractivity contribution in [2.45, 2.75) is 13.3 Å². The summed E-state index contributed by atoms with van der Waals surface area (Å²) in [6.45, 7) is 2.00. The highest BCUT2D eigenvalue weighted by atomic mass is 35.5. The smallest absolute Gasteiger partial charge is 0.231 e. The average Bonchev–Trinajstić information content (AvgIpc) is 2.32. The van der Waals surface area contributed by atoms with Crippen molar-refractivity contribution >= 4 is 23.5 Å². The Hall–Kier alpha value is -1.94. The maximum Gasteiger partial charge on any atom is 0.231 e. The molecule has 1 N–H and O–H groups in total. The summed E-state index contributed by atoms with van der Waals surface area (Å²) in [5.74, 6) is 0.0562. The third kappa shape index (κ3) is 3.53. The highest BCUT2D eigenvalue weighted by Gasteiger charge is 2.06. The zero-order valence-corrected chi connectivity index (χ0v) is 10.6. The van der Waals surface area contributed by atoms with Gasteiger partial charge in [0.1, 0.15) is 5.15 Å². The summed E-state index contributed by atoms with van der Waals surface area (Å²) < 4.78 is 0. The second-order valence-corrected chi connectivity index (χ2v) is 4.30. The lowest BCUT2D eigenvalue weighted by atomic mass is 10.1. The number of hydrogen-bond donors (Lipinski definition) is 1. The molecular formula is C13H12ClN3O. The van der Waals surface area contributed by atoms with Gasteiger partial charge in [0.05, 0.1) is 6.42 Å². The average molecular weight is 262 g/mol. The fourth-order valence-corrected chi connectivity index (χ4v) is 1.59. The van der Waals surface area contributed by atoms with E-state index in [2.05, 4.69) is 15.3 Å². The predicted octanol–water partition coefficient (Wildman–Crippen LogP) is 2.62. The standard InChI is InChI=1S/C13H12ClN3O/c1-9-2-4-10(5-3-9)8-12(18)17-13-15-7-6-11(14)16-13/h2-7H,8H2,1H3,(H,15,16,17,18). The van der Waals surface area contributed by atoms with Crippen molar-refractivity contribution < 1.29 is 4.79 Å². The molecule has 18 heavy (non-hydrogen) atoms. The van der Waals surface area contributed by atoms with Gasteiger partial charge in [-0.1, -0.05) is 41.4 Å². The van der Waals surface area contributed by atoms with Crippen molar-refractivity contribution in [1.29, 1.82) is 0 Å². The molecule has 0 unspecified atom stereocenters. The maximum absolute atomic E-state index is 11.7. The number of carbonyl (C=O) groups is 1. The molecule has 0 radical (unpaired) electrons. The Balaban J connectivity index is 1.98. The Morgan fingerprint density at radius 1 is 1.28 bits per heavy atom. The molecular weight excluding hydrogens is 250 g/mol. The summed E-state index contributed by atoms with van der Waals surface area (Å²) in [6.07, 6.45) is 1.78. The van der Waals surface area contributed by atoms with Gasteiger partial charge in [0.25, 0.3) is 0 Å². The molecule has 2 rings (SSSR count). The Bertz CT molecular complexity index is 554. The maximum atomic E-state index is 11.7. The van der Waals surface area contributed by atoms with Gasteiger partial charge in [0.15, 0.2) is 0 Å². The molecule has 4 nitrogen and oxygen atoms in total. The van der Waals surface area contributed by atoms with Crippen LogP contribution in [-0.4, -0.2) is 15.9 Å². The number of nitrogens with one attached hydrogen (secondary N) is 1. The lowest BCUT2D eigenvalue weighted by molar-refractivity contribution is -0.115. The van der Waals surface area contributed by atoms with Crippen LogP contribution in [0.4, 0.5) is 5.95 Å². The van der Waals surface area contributed by atoms with Gasteiger partial charge in [-0.25, -0.2) is 9.97 Å². The molecule has 0 fully saturated rings. The largest absolute Gasteiger partial charge is 0.294 e. The van der Waals surface area contributed by atoms with Crippen molar-refractivity contribution in [3.63, 3.8) is 0 Å². The van der Waals surface area contributed by atoms with Crippen LogP contribution in [0, 0.1) is 6.92 Å². The van der Waals surface area contributed by atoms with Crippen molar-refractivity contribution in [3.8, 4) is 0 Å². The quantitative estimate of drug-likeness (QED) is 0.864. The van der Waals surface area contributed by atoms with Crippen LogP contribution >= 0.6 is 11.6 Å². The molecule has 0 bridgehead atoms. The van der Waals surface area contributed by atoms with Crippen molar-refractivity contribution in [1.82, 2.24) is 9.97 Å². The Morgan fingerprint density at radius 2 is 2.00 bits per heavy atom. The fraction of sp³-hybridized carbons (Fsp3) is 0.154. The van der Waals surface area contributed by atoms with Gasteiger partial charge in [0, 0.05) is 6.20 Å². The Kier molecular flexibility index (Phi) is 3.89. The molecule has 1 heterocycles. The molecule has 0 saturated carbocycles. The van der Waals surface area contributed by atoms with E-state index in [-0.39, 0.29) is 18.3 Å². The van der Waals surface area contributed by atoms with Crippen LogP contribution in [0.5, 0.6) is 0 Å². The number of nitrogens with zero attached hydrogens (tertiary/aromatic N) is 2. The molecule has 0 aliphatic heterocycles. The van der Waals surface area contributed by atoms with E-state index in [1.807, 2.05) is 31.2 Å². The topological polar surface area (TPSA) is 54.9 Å². The number of aromatic nitrogens is 2. The van der Waals surface area contributed by atoms with Crippen molar-refractivity contribution in [2.24, 2.45) is 0 Å². The number of carbonyl (C=O) groups excluding carboxylic acids is 1. The Morgan fingerprint density at radius 3 is 2.67 bits per heavy atom. The lowest BCUT2D eigenvalue weighted by Crippen LogP contribution is -2.16. The summed E-state index contributed by atoms with van der Waals surface area (Å²) in [5.41, 5.74) is 2.11. The van der Waals surface area contributed by atoms with E-state index in [1.165, 1.54) is 6.20 Å². The second kappa shape index (κ2) is 5.60. The first kappa shape index (κ1) is 12.5. The van der Waals surface area contributed by atoms with E-state index >= 15 is 0 Å². The van der Waals surface area contributed by atoms with Crippen LogP contribution in [0.25, 0.3) is 0 Å². The third-order valence-electron chi connectivity index (χ3n) is 2.36. The molecule has 1 aromatic carbocycles. The van der Waals surface area contributed by atoms with E-state index in [0.29, 0.717) is 5.15 Å². The fourth-order valence-electron chi connectivity index (χ4n) is 1.46. The van der Waals surface area contributed by atoms with Gasteiger partial charge >= 0.3 is 0 Å². The molecule has 2 aromatic rings. The van der Waals surface area contributed by atoms with E-state index in [1.54, 1.807) is 6.07 Å². The van der Waals surface area contributed by atoms with E-state index in [4.69, 9.17) is 11.6 Å². The molecule has 0 aliphatic carbocycles. The monoisotopic (exact) mass is 261 g/mol. The summed E-state index contributed by atoms with van der Waals surface area (Å²) in [7, 11) is 0. The molecule has 1 aromatic heterocycles. The van der Waals surface area contributed by atoms with Crippen LogP contribution in [-0.2, 0) is 11.2 Å². The van der Waals surface area contributed by atoms with Crippen LogP contribution in [0.15, 0.2) is 36.5 Å². The number of amides is 1. The van der Waals surface area contributed by atoms with Gasteiger partial charge in [0.2, 0.25) is 11.9 Å². The van der Waals surface area contributed by atoms with Gasteiger partial charge in [-0.05, 0) is 18.6 Å². The summed E-state index contributed by atoms with van der Waals surface area (Å²) >= 11 is 5.70. The number of halogens is 1. The molecule has 0 saturated heterocycles. The summed E-state index contributed by atoms with van der Waals surface area (Å²) in [6, 6.07) is 9.34. The highest BCUT2D eigenvalue weighted by molar-refractivity contribution is 6.29. The number of anilines is 1. The van der Waals surface area contributed by atoms with Crippen LogP contribution in [0.3, 0.4) is 0 Å². The van der Waals surface area contributed by atoms with Crippen LogP contribution in [0.1, 0.15) is 11.1 Å². The molecule has 0 atom stereocenters. The number of rotatable bonds is 3. The first-order valence-electron chi connectivity index (χ1n) is 5.47. The minimum atomic E-state index is -0.166. The molecule has 0 aliphatic rings. The normalized spacial score (nSPS) is 10.1. The molecule has 0 spiro atoms.